The Morgan fingerprint density at radius 2 is 2.18 bits per heavy atom. The lowest BCUT2D eigenvalue weighted by Crippen LogP contribution is -2.38. The average molecular weight is 301 g/mol. The monoisotopic (exact) mass is 301 g/mol. The standard InChI is InChI=1S/C16H19N3O3/c20-15-18-16(8-21-15)6-5-10-7-11(3-4-12(10)16)13-17-14(22-19-13)9-1-2-9/h3-4,7,9,13-14,17,19H,1-2,5-6,8H2,(H,18,20). The number of rotatable bonds is 2. The van der Waals surface area contributed by atoms with Gasteiger partial charge in [0, 0.05) is 5.92 Å². The predicted molar refractivity (Wildman–Crippen MR) is 77.5 cm³/mol. The number of nitrogens with one attached hydrogen (secondary N) is 3. The van der Waals surface area contributed by atoms with Crippen molar-refractivity contribution in [2.45, 2.75) is 43.6 Å². The van der Waals surface area contributed by atoms with Crippen LogP contribution in [0, 0.1) is 5.92 Å². The summed E-state index contributed by atoms with van der Waals surface area (Å²) in [5, 5.41) is 6.49. The van der Waals surface area contributed by atoms with Crippen LogP contribution in [-0.2, 0) is 21.5 Å². The third-order valence-electron chi connectivity index (χ3n) is 5.28. The van der Waals surface area contributed by atoms with E-state index in [2.05, 4.69) is 34.3 Å². The first kappa shape index (κ1) is 12.9. The normalized spacial score (nSPS) is 36.5. The average Bonchev–Trinajstić information content (AvgIpc) is 3.00. The molecule has 1 aromatic rings. The van der Waals surface area contributed by atoms with Gasteiger partial charge in [0.05, 0.1) is 0 Å². The molecule has 3 unspecified atom stereocenters. The van der Waals surface area contributed by atoms with Crippen molar-refractivity contribution in [1.82, 2.24) is 16.1 Å². The fourth-order valence-electron chi connectivity index (χ4n) is 3.85. The van der Waals surface area contributed by atoms with Crippen molar-refractivity contribution < 1.29 is 14.4 Å². The Kier molecular flexibility index (Phi) is 2.60. The molecule has 2 aliphatic heterocycles. The van der Waals surface area contributed by atoms with E-state index in [0.29, 0.717) is 12.5 Å². The Balaban J connectivity index is 1.40. The molecule has 2 saturated heterocycles. The molecule has 4 aliphatic rings. The van der Waals surface area contributed by atoms with E-state index in [1.807, 2.05) is 0 Å². The number of amides is 1. The lowest BCUT2D eigenvalue weighted by atomic mass is 9.92. The summed E-state index contributed by atoms with van der Waals surface area (Å²) < 4.78 is 5.13. The van der Waals surface area contributed by atoms with Gasteiger partial charge in [0.25, 0.3) is 0 Å². The Hall–Kier alpha value is -1.63. The predicted octanol–water partition coefficient (Wildman–Crippen LogP) is 1.43. The van der Waals surface area contributed by atoms with Gasteiger partial charge < -0.3 is 10.1 Å². The maximum Gasteiger partial charge on any atom is 0.408 e. The second kappa shape index (κ2) is 4.44. The van der Waals surface area contributed by atoms with E-state index >= 15 is 0 Å². The van der Waals surface area contributed by atoms with Crippen molar-refractivity contribution in [3.05, 3.63) is 34.9 Å². The maximum atomic E-state index is 11.4. The summed E-state index contributed by atoms with van der Waals surface area (Å²) in [6.45, 7) is 0.435. The maximum absolute atomic E-state index is 11.4. The number of ether oxygens (including phenoxy) is 1. The molecule has 1 amide bonds. The van der Waals surface area contributed by atoms with E-state index in [4.69, 9.17) is 9.57 Å². The summed E-state index contributed by atoms with van der Waals surface area (Å²) in [5.41, 5.74) is 6.46. The highest BCUT2D eigenvalue weighted by Crippen LogP contribution is 2.41. The lowest BCUT2D eigenvalue weighted by molar-refractivity contribution is 0.0104. The Morgan fingerprint density at radius 1 is 1.27 bits per heavy atom. The quantitative estimate of drug-likeness (QED) is 0.771. The highest BCUT2D eigenvalue weighted by molar-refractivity contribution is 5.72. The third-order valence-corrected chi connectivity index (χ3v) is 5.28. The van der Waals surface area contributed by atoms with Crippen molar-refractivity contribution in [3.8, 4) is 0 Å². The first-order valence-corrected chi connectivity index (χ1v) is 7.99. The van der Waals surface area contributed by atoms with Crippen LogP contribution < -0.4 is 16.1 Å². The van der Waals surface area contributed by atoms with E-state index in [1.165, 1.54) is 29.5 Å². The van der Waals surface area contributed by atoms with E-state index in [9.17, 15) is 4.79 Å². The zero-order valence-corrected chi connectivity index (χ0v) is 12.2. The summed E-state index contributed by atoms with van der Waals surface area (Å²) >= 11 is 0. The van der Waals surface area contributed by atoms with Crippen LogP contribution in [0.3, 0.4) is 0 Å². The van der Waals surface area contributed by atoms with Gasteiger partial charge in [0.2, 0.25) is 0 Å². The lowest BCUT2D eigenvalue weighted by Gasteiger charge is -2.22. The van der Waals surface area contributed by atoms with E-state index in [-0.39, 0.29) is 24.0 Å². The molecule has 6 heteroatoms. The van der Waals surface area contributed by atoms with Crippen LogP contribution in [0.5, 0.6) is 0 Å². The number of carbonyl (C=O) groups excluding carboxylic acids is 1. The summed E-state index contributed by atoms with van der Waals surface area (Å²) in [4.78, 5) is 17.1. The molecule has 3 fully saturated rings. The van der Waals surface area contributed by atoms with Gasteiger partial charge in [-0.2, -0.15) is 5.48 Å². The topological polar surface area (TPSA) is 71.6 Å². The van der Waals surface area contributed by atoms with Crippen molar-refractivity contribution in [2.75, 3.05) is 6.61 Å². The minimum Gasteiger partial charge on any atom is -0.447 e. The zero-order valence-electron chi connectivity index (χ0n) is 12.2. The molecular formula is C16H19N3O3. The molecule has 3 N–H and O–H groups in total. The van der Waals surface area contributed by atoms with Crippen LogP contribution in [0.4, 0.5) is 4.79 Å². The van der Waals surface area contributed by atoms with Gasteiger partial charge in [-0.1, -0.05) is 18.2 Å². The molecular weight excluding hydrogens is 282 g/mol. The molecule has 0 aromatic heterocycles. The van der Waals surface area contributed by atoms with E-state index < -0.39 is 0 Å². The van der Waals surface area contributed by atoms with Gasteiger partial charge in [0.1, 0.15) is 24.5 Å². The van der Waals surface area contributed by atoms with Crippen molar-refractivity contribution in [1.29, 1.82) is 0 Å². The van der Waals surface area contributed by atoms with Crippen LogP contribution >= 0.6 is 0 Å². The number of benzene rings is 1. The number of carbonyl (C=O) groups is 1. The van der Waals surface area contributed by atoms with Gasteiger partial charge in [-0.25, -0.2) is 4.79 Å². The minimum atomic E-state index is -0.311. The van der Waals surface area contributed by atoms with Crippen LogP contribution in [0.2, 0.25) is 0 Å². The summed E-state index contributed by atoms with van der Waals surface area (Å²) in [7, 11) is 0. The fraction of sp³-hybridized carbons (Fsp3) is 0.562. The number of cyclic esters (lactones) is 1. The largest absolute Gasteiger partial charge is 0.447 e. The van der Waals surface area contributed by atoms with Gasteiger partial charge in [-0.15, -0.1) is 0 Å². The van der Waals surface area contributed by atoms with Gasteiger partial charge in [0.15, 0.2) is 0 Å². The second-order valence-corrected chi connectivity index (χ2v) is 6.79. The van der Waals surface area contributed by atoms with Gasteiger partial charge in [-0.3, -0.25) is 10.2 Å². The van der Waals surface area contributed by atoms with Crippen LogP contribution in [0.1, 0.15) is 42.1 Å². The Morgan fingerprint density at radius 3 is 2.95 bits per heavy atom. The Bertz CT molecular complexity index is 646. The Labute approximate surface area is 128 Å². The number of alkyl carbamates (subject to hydrolysis) is 1. The molecule has 2 aliphatic carbocycles. The molecule has 0 radical (unpaired) electrons. The zero-order chi connectivity index (χ0) is 14.7. The number of hydrogen-bond acceptors (Lipinski definition) is 5. The summed E-state index contributed by atoms with van der Waals surface area (Å²) in [6.07, 6.45) is 4.24. The minimum absolute atomic E-state index is 0.0434. The van der Waals surface area contributed by atoms with Crippen LogP contribution in [0.15, 0.2) is 18.2 Å². The molecule has 2 heterocycles. The molecule has 3 atom stereocenters. The fourth-order valence-corrected chi connectivity index (χ4v) is 3.85. The van der Waals surface area contributed by atoms with E-state index in [0.717, 1.165) is 12.8 Å². The molecule has 6 nitrogen and oxygen atoms in total. The van der Waals surface area contributed by atoms with E-state index in [1.54, 1.807) is 0 Å². The molecule has 5 rings (SSSR count). The van der Waals surface area contributed by atoms with Crippen LogP contribution in [0.25, 0.3) is 0 Å². The van der Waals surface area contributed by atoms with Gasteiger partial charge in [-0.05, 0) is 42.4 Å². The number of hydroxylamine groups is 1. The molecule has 0 bridgehead atoms. The highest BCUT2D eigenvalue weighted by Gasteiger charge is 2.46. The first-order valence-electron chi connectivity index (χ1n) is 7.99. The number of fused-ring (bicyclic) bond motifs is 2. The first-order chi connectivity index (χ1) is 10.7. The number of aryl methyl sites for hydroxylation is 1. The van der Waals surface area contributed by atoms with Crippen molar-refractivity contribution in [2.24, 2.45) is 5.92 Å². The van der Waals surface area contributed by atoms with Crippen molar-refractivity contribution >= 4 is 6.09 Å². The molecule has 22 heavy (non-hydrogen) atoms. The van der Waals surface area contributed by atoms with Gasteiger partial charge >= 0.3 is 6.09 Å². The number of hydrogen-bond donors (Lipinski definition) is 3. The van der Waals surface area contributed by atoms with Crippen molar-refractivity contribution in [3.63, 3.8) is 0 Å². The highest BCUT2D eigenvalue weighted by atomic mass is 16.7. The summed E-state index contributed by atoms with van der Waals surface area (Å²) in [6, 6.07) is 6.46. The second-order valence-electron chi connectivity index (χ2n) is 6.79. The molecule has 1 saturated carbocycles. The molecule has 116 valence electrons. The molecule has 1 spiro atoms. The third kappa shape index (κ3) is 1.87. The molecule has 1 aromatic carbocycles. The summed E-state index contributed by atoms with van der Waals surface area (Å²) in [5.74, 6) is 0.654. The smallest absolute Gasteiger partial charge is 0.408 e. The SMILES string of the molecule is O=C1NC2(CCc3cc(C4NOC(C5CC5)N4)ccc32)CO1. The van der Waals surface area contributed by atoms with Crippen LogP contribution in [-0.4, -0.2) is 18.9 Å².